The fourth-order valence-electron chi connectivity index (χ4n) is 10.7. The molecule has 68 heavy (non-hydrogen) atoms. The van der Waals surface area contributed by atoms with Crippen molar-refractivity contribution < 1.29 is 4.42 Å². The van der Waals surface area contributed by atoms with Crippen LogP contribution < -0.4 is 4.90 Å². The van der Waals surface area contributed by atoms with E-state index in [0.29, 0.717) is 0 Å². The fourth-order valence-corrected chi connectivity index (χ4v) is 10.7. The molecule has 0 aliphatic heterocycles. The van der Waals surface area contributed by atoms with Crippen LogP contribution in [0.1, 0.15) is 24.2 Å². The van der Waals surface area contributed by atoms with Crippen LogP contribution in [0.3, 0.4) is 0 Å². The summed E-state index contributed by atoms with van der Waals surface area (Å²) in [6.07, 6.45) is 4.63. The van der Waals surface area contributed by atoms with Crippen molar-refractivity contribution in [3.8, 4) is 50.2 Å². The second-order valence-electron chi connectivity index (χ2n) is 18.1. The van der Waals surface area contributed by atoms with Crippen LogP contribution in [-0.2, 0) is 0 Å². The number of benzene rings is 10. The molecule has 13 rings (SSSR count). The summed E-state index contributed by atoms with van der Waals surface area (Å²) in [6, 6.07) is 86.0. The lowest BCUT2D eigenvalue weighted by Crippen LogP contribution is -2.35. The summed E-state index contributed by atoms with van der Waals surface area (Å²) >= 11 is 0. The Kier molecular flexibility index (Phi) is 9.54. The van der Waals surface area contributed by atoms with Gasteiger partial charge in [0.2, 0.25) is 0 Å². The second-order valence-corrected chi connectivity index (χ2v) is 18.1. The molecule has 0 N–H and O–H groups in total. The van der Waals surface area contributed by atoms with E-state index in [1.54, 1.807) is 0 Å². The predicted molar refractivity (Wildman–Crippen MR) is 286 cm³/mol. The van der Waals surface area contributed by atoms with Gasteiger partial charge in [-0.1, -0.05) is 189 Å². The Labute approximate surface area is 396 Å². The fraction of sp³-hybridized carbons (Fsp3) is 0.0462. The molecule has 2 unspecified atom stereocenters. The molecule has 2 atom stereocenters. The van der Waals surface area contributed by atoms with Gasteiger partial charge in [0.25, 0.3) is 0 Å². The highest BCUT2D eigenvalue weighted by Gasteiger charge is 2.33. The van der Waals surface area contributed by atoms with E-state index in [0.717, 1.165) is 33.8 Å². The summed E-state index contributed by atoms with van der Waals surface area (Å²) in [5, 5.41) is 6.20. The average molecular weight is 871 g/mol. The number of anilines is 2. The Balaban J connectivity index is 0.823. The maximum Gasteiger partial charge on any atom is 0.134 e. The summed E-state index contributed by atoms with van der Waals surface area (Å²) < 4.78 is 9.00. The lowest BCUT2D eigenvalue weighted by atomic mass is 9.87. The Bertz CT molecular complexity index is 3820. The van der Waals surface area contributed by atoms with Gasteiger partial charge in [0.15, 0.2) is 0 Å². The lowest BCUT2D eigenvalue weighted by Gasteiger charge is -2.37. The molecule has 0 fully saturated rings. The highest BCUT2D eigenvalue weighted by atomic mass is 16.3. The zero-order valence-electron chi connectivity index (χ0n) is 37.6. The van der Waals surface area contributed by atoms with Crippen LogP contribution in [0.25, 0.3) is 99.8 Å². The summed E-state index contributed by atoms with van der Waals surface area (Å²) in [6.45, 7) is 2.30. The molecule has 12 aromatic rings. The van der Waals surface area contributed by atoms with Crippen LogP contribution in [0.2, 0.25) is 0 Å². The number of hydrogen-bond acceptors (Lipinski definition) is 2. The van der Waals surface area contributed by atoms with E-state index in [-0.39, 0.29) is 12.0 Å². The van der Waals surface area contributed by atoms with E-state index >= 15 is 0 Å². The van der Waals surface area contributed by atoms with E-state index in [2.05, 4.69) is 265 Å². The van der Waals surface area contributed by atoms with Crippen LogP contribution in [0.5, 0.6) is 0 Å². The van der Waals surface area contributed by atoms with E-state index in [9.17, 15) is 0 Å². The molecule has 2 heterocycles. The van der Waals surface area contributed by atoms with Gasteiger partial charge in [-0.2, -0.15) is 0 Å². The predicted octanol–water partition coefficient (Wildman–Crippen LogP) is 17.7. The highest BCUT2D eigenvalue weighted by molar-refractivity contribution is 6.09. The van der Waals surface area contributed by atoms with Crippen molar-refractivity contribution in [1.82, 2.24) is 4.57 Å². The summed E-state index contributed by atoms with van der Waals surface area (Å²) in [7, 11) is 0. The largest absolute Gasteiger partial charge is 0.460 e. The first kappa shape index (κ1) is 39.7. The highest BCUT2D eigenvalue weighted by Crippen LogP contribution is 2.44. The van der Waals surface area contributed by atoms with Gasteiger partial charge in [0, 0.05) is 44.7 Å². The first-order valence-electron chi connectivity index (χ1n) is 23.6. The number of hydrogen-bond donors (Lipinski definition) is 0. The molecule has 0 saturated heterocycles. The Hall–Kier alpha value is -8.66. The zero-order valence-corrected chi connectivity index (χ0v) is 37.6. The minimum absolute atomic E-state index is 0.0167. The molecule has 0 bridgehead atoms. The maximum atomic E-state index is 6.61. The molecule has 2 aromatic heterocycles. The van der Waals surface area contributed by atoms with Crippen LogP contribution in [0.15, 0.2) is 247 Å². The van der Waals surface area contributed by atoms with Crippen molar-refractivity contribution in [1.29, 1.82) is 0 Å². The van der Waals surface area contributed by atoms with Gasteiger partial charge in [-0.15, -0.1) is 0 Å². The minimum atomic E-state index is 0.0167. The number of furan rings is 1. The van der Waals surface area contributed by atoms with Gasteiger partial charge in [-0.05, 0) is 122 Å². The molecule has 0 amide bonds. The third-order valence-electron chi connectivity index (χ3n) is 14.2. The zero-order chi connectivity index (χ0) is 45.1. The van der Waals surface area contributed by atoms with Crippen molar-refractivity contribution in [2.75, 3.05) is 4.90 Å². The third-order valence-corrected chi connectivity index (χ3v) is 14.2. The Morgan fingerprint density at radius 3 is 1.54 bits per heavy atom. The molecule has 1 aliphatic carbocycles. The summed E-state index contributed by atoms with van der Waals surface area (Å²) in [5.41, 5.74) is 17.5. The summed E-state index contributed by atoms with van der Waals surface area (Å²) in [5.74, 6) is 1.12. The lowest BCUT2D eigenvalue weighted by molar-refractivity contribution is 0.476. The van der Waals surface area contributed by atoms with Gasteiger partial charge >= 0.3 is 0 Å². The number of nitrogens with zero attached hydrogens (tertiary/aromatic N) is 2. The van der Waals surface area contributed by atoms with Gasteiger partial charge in [-0.3, -0.25) is 0 Å². The molecule has 1 aliphatic rings. The normalized spacial score (nSPS) is 14.5. The molecular weight excluding hydrogens is 825 g/mol. The first-order chi connectivity index (χ1) is 33.6. The average Bonchev–Trinajstić information content (AvgIpc) is 3.96. The van der Waals surface area contributed by atoms with Gasteiger partial charge < -0.3 is 13.9 Å². The monoisotopic (exact) mass is 870 g/mol. The van der Waals surface area contributed by atoms with Crippen molar-refractivity contribution in [3.63, 3.8) is 0 Å². The number of fused-ring (bicyclic) bond motifs is 7. The van der Waals surface area contributed by atoms with Crippen molar-refractivity contribution in [3.05, 3.63) is 254 Å². The van der Waals surface area contributed by atoms with E-state index in [1.807, 2.05) is 0 Å². The molecular formula is C65H46N2O. The molecule has 0 spiro atoms. The van der Waals surface area contributed by atoms with Gasteiger partial charge in [-0.25, -0.2) is 0 Å². The molecule has 10 aromatic carbocycles. The topological polar surface area (TPSA) is 21.3 Å². The van der Waals surface area contributed by atoms with Crippen molar-refractivity contribution >= 4 is 61.0 Å². The summed E-state index contributed by atoms with van der Waals surface area (Å²) in [4.78, 5) is 2.48. The molecule has 0 radical (unpaired) electrons. The molecule has 3 nitrogen and oxygen atoms in total. The molecule has 322 valence electrons. The smallest absolute Gasteiger partial charge is 0.134 e. The van der Waals surface area contributed by atoms with E-state index in [4.69, 9.17) is 4.42 Å². The van der Waals surface area contributed by atoms with Crippen LogP contribution in [0, 0.1) is 0 Å². The standard InChI is InChI=1S/C65H46N2O/c1-43-61(39-38-60-59-20-6-9-23-64(59)68-65(43)60)66(55-36-32-48(33-37-55)52-16-11-17-56(42-52)67-62-21-7-4-18-57(62)58-19-5-8-22-63(58)67)54-34-30-46(31-35-54)45-24-26-47(27-25-45)50-14-10-15-51(40-50)53-29-28-44-12-2-3-13-49(44)41-53/h2-43,61H,1H3. The minimum Gasteiger partial charge on any atom is -0.460 e. The van der Waals surface area contributed by atoms with Crippen LogP contribution in [0.4, 0.5) is 11.4 Å². The van der Waals surface area contributed by atoms with Crippen molar-refractivity contribution in [2.24, 2.45) is 0 Å². The van der Waals surface area contributed by atoms with E-state index < -0.39 is 0 Å². The number of aromatic nitrogens is 1. The van der Waals surface area contributed by atoms with Gasteiger partial charge in [0.05, 0.1) is 17.1 Å². The van der Waals surface area contributed by atoms with Crippen molar-refractivity contribution in [2.45, 2.75) is 18.9 Å². The number of para-hydroxylation sites is 3. The quantitative estimate of drug-likeness (QED) is 0.152. The number of rotatable bonds is 8. The maximum absolute atomic E-state index is 6.61. The Morgan fingerprint density at radius 1 is 0.397 bits per heavy atom. The molecule has 0 saturated carbocycles. The second kappa shape index (κ2) is 16.3. The van der Waals surface area contributed by atoms with Crippen LogP contribution in [-0.4, -0.2) is 10.6 Å². The van der Waals surface area contributed by atoms with E-state index in [1.165, 1.54) is 82.6 Å². The van der Waals surface area contributed by atoms with Crippen LogP contribution >= 0.6 is 0 Å². The van der Waals surface area contributed by atoms with Gasteiger partial charge in [0.1, 0.15) is 11.3 Å². The SMILES string of the molecule is CC1c2oc3ccccc3c2C=CC1N(c1ccc(-c2ccc(-c3cccc(-c4ccc5ccccc5c4)c3)cc2)cc1)c1ccc(-c2cccc(-n3c4ccccc4c4ccccc43)c2)cc1. The first-order valence-corrected chi connectivity index (χ1v) is 23.6. The Morgan fingerprint density at radius 2 is 0.882 bits per heavy atom. The molecule has 3 heteroatoms. The third kappa shape index (κ3) is 6.82.